The van der Waals surface area contributed by atoms with Crippen LogP contribution in [-0.2, 0) is 9.59 Å². The smallest absolute Gasteiger partial charge is 0.229 e. The van der Waals surface area contributed by atoms with Gasteiger partial charge in [-0.3, -0.25) is 9.59 Å². The molecule has 1 saturated heterocycles. The van der Waals surface area contributed by atoms with Gasteiger partial charge in [-0.15, -0.1) is 0 Å². The van der Waals surface area contributed by atoms with E-state index >= 15 is 0 Å². The molecule has 2 amide bonds. The molecule has 1 aliphatic heterocycles. The first-order valence-corrected chi connectivity index (χ1v) is 8.58. The van der Waals surface area contributed by atoms with E-state index in [-0.39, 0.29) is 24.1 Å². The number of hydrogen-bond donors (Lipinski definition) is 1. The zero-order valence-electron chi connectivity index (χ0n) is 14.8. The number of carbonyl (C=O) groups is 2. The summed E-state index contributed by atoms with van der Waals surface area (Å²) in [6.45, 7) is 4.43. The molecular weight excluding hydrogens is 335 g/mol. The van der Waals surface area contributed by atoms with Crippen molar-refractivity contribution in [3.8, 4) is 5.75 Å². The van der Waals surface area contributed by atoms with Gasteiger partial charge in [-0.05, 0) is 55.8 Å². The summed E-state index contributed by atoms with van der Waals surface area (Å²) in [7, 11) is 0. The number of rotatable bonds is 5. The average molecular weight is 356 g/mol. The van der Waals surface area contributed by atoms with Crippen LogP contribution in [-0.4, -0.2) is 25.0 Å². The van der Waals surface area contributed by atoms with E-state index in [1.165, 1.54) is 6.07 Å². The molecular formula is C20H21FN2O3. The van der Waals surface area contributed by atoms with Crippen LogP contribution in [0, 0.1) is 18.7 Å². The van der Waals surface area contributed by atoms with Crippen molar-refractivity contribution in [1.82, 2.24) is 0 Å². The highest BCUT2D eigenvalue weighted by Gasteiger charge is 2.35. The molecule has 6 heteroatoms. The second kappa shape index (κ2) is 7.56. The van der Waals surface area contributed by atoms with Gasteiger partial charge in [-0.2, -0.15) is 0 Å². The van der Waals surface area contributed by atoms with Crippen molar-refractivity contribution >= 4 is 23.2 Å². The summed E-state index contributed by atoms with van der Waals surface area (Å²) in [6.07, 6.45) is 0.132. The Labute approximate surface area is 151 Å². The molecule has 136 valence electrons. The molecule has 26 heavy (non-hydrogen) atoms. The predicted octanol–water partition coefficient (Wildman–Crippen LogP) is 3.52. The van der Waals surface area contributed by atoms with E-state index < -0.39 is 5.92 Å². The number of anilines is 2. The molecule has 0 spiro atoms. The van der Waals surface area contributed by atoms with Gasteiger partial charge in [0, 0.05) is 24.3 Å². The number of ether oxygens (including phenoxy) is 1. The standard InChI is InChI=1S/C20H21FN2O3/c1-3-26-17-8-6-16(7-9-17)23-12-14(10-19(23)24)20(25)22-15-5-4-13(2)18(21)11-15/h4-9,11,14H,3,10,12H2,1-2H3,(H,22,25)/t14-/m1/s1. The van der Waals surface area contributed by atoms with Crippen molar-refractivity contribution < 1.29 is 18.7 Å². The van der Waals surface area contributed by atoms with E-state index in [9.17, 15) is 14.0 Å². The zero-order chi connectivity index (χ0) is 18.7. The topological polar surface area (TPSA) is 58.6 Å². The minimum atomic E-state index is -0.474. The van der Waals surface area contributed by atoms with Crippen LogP contribution in [0.5, 0.6) is 5.75 Å². The second-order valence-corrected chi connectivity index (χ2v) is 6.29. The van der Waals surface area contributed by atoms with E-state index in [4.69, 9.17) is 4.74 Å². The molecule has 2 aromatic carbocycles. The molecule has 1 aliphatic rings. The van der Waals surface area contributed by atoms with Crippen molar-refractivity contribution in [3.63, 3.8) is 0 Å². The number of carbonyl (C=O) groups excluding carboxylic acids is 2. The number of halogens is 1. The van der Waals surface area contributed by atoms with Gasteiger partial charge in [0.2, 0.25) is 11.8 Å². The van der Waals surface area contributed by atoms with Crippen molar-refractivity contribution in [2.45, 2.75) is 20.3 Å². The molecule has 0 aliphatic carbocycles. The lowest BCUT2D eigenvalue weighted by Crippen LogP contribution is -2.28. The molecule has 0 radical (unpaired) electrons. The second-order valence-electron chi connectivity index (χ2n) is 6.29. The lowest BCUT2D eigenvalue weighted by Gasteiger charge is -2.17. The summed E-state index contributed by atoms with van der Waals surface area (Å²) >= 11 is 0. The van der Waals surface area contributed by atoms with E-state index in [2.05, 4.69) is 5.32 Å². The number of aryl methyl sites for hydroxylation is 1. The highest BCUT2D eigenvalue weighted by molar-refractivity contribution is 6.03. The Morgan fingerprint density at radius 1 is 1.27 bits per heavy atom. The molecule has 0 bridgehead atoms. The first-order chi connectivity index (χ1) is 12.5. The van der Waals surface area contributed by atoms with Crippen LogP contribution in [0.15, 0.2) is 42.5 Å². The van der Waals surface area contributed by atoms with Gasteiger partial charge in [0.05, 0.1) is 12.5 Å². The molecule has 2 aromatic rings. The molecule has 0 unspecified atom stereocenters. The third kappa shape index (κ3) is 3.85. The number of benzene rings is 2. The largest absolute Gasteiger partial charge is 0.494 e. The van der Waals surface area contributed by atoms with E-state index in [0.717, 1.165) is 11.4 Å². The molecule has 1 N–H and O–H groups in total. The van der Waals surface area contributed by atoms with Crippen LogP contribution >= 0.6 is 0 Å². The average Bonchev–Trinajstić information content (AvgIpc) is 3.01. The minimum absolute atomic E-state index is 0.107. The fourth-order valence-electron chi connectivity index (χ4n) is 2.94. The Bertz CT molecular complexity index is 820. The van der Waals surface area contributed by atoms with Crippen molar-refractivity contribution in [1.29, 1.82) is 0 Å². The quantitative estimate of drug-likeness (QED) is 0.892. The highest BCUT2D eigenvalue weighted by Crippen LogP contribution is 2.27. The normalized spacial score (nSPS) is 16.7. The van der Waals surface area contributed by atoms with Gasteiger partial charge in [0.25, 0.3) is 0 Å². The Morgan fingerprint density at radius 2 is 2.00 bits per heavy atom. The summed E-state index contributed by atoms with van der Waals surface area (Å²) in [5.41, 5.74) is 1.64. The van der Waals surface area contributed by atoms with Crippen molar-refractivity contribution in [2.75, 3.05) is 23.4 Å². The van der Waals surface area contributed by atoms with Crippen molar-refractivity contribution in [2.24, 2.45) is 5.92 Å². The first kappa shape index (κ1) is 17.9. The predicted molar refractivity (Wildman–Crippen MR) is 97.8 cm³/mol. The van der Waals surface area contributed by atoms with E-state index in [0.29, 0.717) is 24.4 Å². The first-order valence-electron chi connectivity index (χ1n) is 8.58. The Balaban J connectivity index is 1.66. The Morgan fingerprint density at radius 3 is 2.65 bits per heavy atom. The molecule has 1 heterocycles. The number of hydrogen-bond acceptors (Lipinski definition) is 3. The Hall–Kier alpha value is -2.89. The fourth-order valence-corrected chi connectivity index (χ4v) is 2.94. The SMILES string of the molecule is CCOc1ccc(N2C[C@H](C(=O)Nc3ccc(C)c(F)c3)CC2=O)cc1. The molecule has 1 atom stereocenters. The molecule has 5 nitrogen and oxygen atoms in total. The monoisotopic (exact) mass is 356 g/mol. The molecule has 3 rings (SSSR count). The zero-order valence-corrected chi connectivity index (χ0v) is 14.8. The van der Waals surface area contributed by atoms with Crippen LogP contribution in [0.2, 0.25) is 0 Å². The van der Waals surface area contributed by atoms with Gasteiger partial charge in [-0.1, -0.05) is 6.07 Å². The number of nitrogens with zero attached hydrogens (tertiary/aromatic N) is 1. The van der Waals surface area contributed by atoms with Gasteiger partial charge in [0.15, 0.2) is 0 Å². The van der Waals surface area contributed by atoms with Crippen LogP contribution in [0.1, 0.15) is 18.9 Å². The number of amides is 2. The summed E-state index contributed by atoms with van der Waals surface area (Å²) in [4.78, 5) is 26.3. The third-order valence-electron chi connectivity index (χ3n) is 4.39. The fraction of sp³-hybridized carbons (Fsp3) is 0.300. The highest BCUT2D eigenvalue weighted by atomic mass is 19.1. The maximum absolute atomic E-state index is 13.6. The van der Waals surface area contributed by atoms with Crippen LogP contribution in [0.3, 0.4) is 0 Å². The molecule has 0 aromatic heterocycles. The molecule has 0 saturated carbocycles. The minimum Gasteiger partial charge on any atom is -0.494 e. The third-order valence-corrected chi connectivity index (χ3v) is 4.39. The van der Waals surface area contributed by atoms with E-state index in [1.54, 1.807) is 48.2 Å². The van der Waals surface area contributed by atoms with Crippen LogP contribution in [0.4, 0.5) is 15.8 Å². The van der Waals surface area contributed by atoms with Gasteiger partial charge in [-0.25, -0.2) is 4.39 Å². The van der Waals surface area contributed by atoms with Gasteiger partial charge < -0.3 is 15.0 Å². The summed E-state index contributed by atoms with van der Waals surface area (Å²) < 4.78 is 19.0. The number of nitrogens with one attached hydrogen (secondary N) is 1. The van der Waals surface area contributed by atoms with Gasteiger partial charge >= 0.3 is 0 Å². The van der Waals surface area contributed by atoms with Gasteiger partial charge in [0.1, 0.15) is 11.6 Å². The lowest BCUT2D eigenvalue weighted by molar-refractivity contribution is -0.122. The lowest BCUT2D eigenvalue weighted by atomic mass is 10.1. The van der Waals surface area contributed by atoms with Crippen molar-refractivity contribution in [3.05, 3.63) is 53.8 Å². The van der Waals surface area contributed by atoms with E-state index in [1.807, 2.05) is 6.92 Å². The summed E-state index contributed by atoms with van der Waals surface area (Å²) in [5.74, 6) is -0.502. The van der Waals surface area contributed by atoms with Crippen LogP contribution < -0.4 is 15.0 Å². The Kier molecular flexibility index (Phi) is 5.21. The maximum atomic E-state index is 13.6. The molecule has 1 fully saturated rings. The van der Waals surface area contributed by atoms with Crippen LogP contribution in [0.25, 0.3) is 0 Å². The summed E-state index contributed by atoms with van der Waals surface area (Å²) in [6, 6.07) is 11.8. The summed E-state index contributed by atoms with van der Waals surface area (Å²) in [5, 5.41) is 2.69. The maximum Gasteiger partial charge on any atom is 0.229 e.